The molecule has 0 spiro atoms. The summed E-state index contributed by atoms with van der Waals surface area (Å²) in [5.41, 5.74) is 14.5. The van der Waals surface area contributed by atoms with Gasteiger partial charge in [-0.2, -0.15) is 0 Å². The summed E-state index contributed by atoms with van der Waals surface area (Å²) in [6.45, 7) is 0. The maximum Gasteiger partial charge on any atom is 0.143 e. The highest BCUT2D eigenvalue weighted by Crippen LogP contribution is 2.38. The van der Waals surface area contributed by atoms with Crippen molar-refractivity contribution in [3.63, 3.8) is 0 Å². The van der Waals surface area contributed by atoms with Crippen LogP contribution in [-0.2, 0) is 0 Å². The summed E-state index contributed by atoms with van der Waals surface area (Å²) in [5, 5.41) is 8.40. The Hall–Kier alpha value is -6.84. The van der Waals surface area contributed by atoms with Gasteiger partial charge in [-0.1, -0.05) is 133 Å². The molecule has 240 valence electrons. The Labute approximate surface area is 295 Å². The molecule has 1 N–H and O–H groups in total. The lowest BCUT2D eigenvalue weighted by atomic mass is 9.97. The molecule has 0 fully saturated rings. The first-order chi connectivity index (χ1) is 25.3. The molecule has 0 saturated carbocycles. The normalized spacial score (nSPS) is 11.5. The number of fused-ring (bicyclic) bond motifs is 6. The van der Waals surface area contributed by atoms with Gasteiger partial charge in [0.05, 0.1) is 16.7 Å². The van der Waals surface area contributed by atoms with Gasteiger partial charge in [-0.15, -0.1) is 0 Å². The lowest BCUT2D eigenvalue weighted by molar-refractivity contribution is 0.670. The van der Waals surface area contributed by atoms with Gasteiger partial charge >= 0.3 is 0 Å². The number of anilines is 2. The molecule has 0 aliphatic carbocycles. The molecule has 0 bridgehead atoms. The first kappa shape index (κ1) is 29.1. The van der Waals surface area contributed by atoms with E-state index in [1.54, 1.807) is 0 Å². The van der Waals surface area contributed by atoms with E-state index in [2.05, 4.69) is 186 Å². The van der Waals surface area contributed by atoms with Gasteiger partial charge in [0, 0.05) is 44.0 Å². The predicted octanol–water partition coefficient (Wildman–Crippen LogP) is 13.4. The number of hydrogen-bond acceptors (Lipinski definition) is 2. The summed E-state index contributed by atoms with van der Waals surface area (Å²) in [4.78, 5) is 0. The lowest BCUT2D eigenvalue weighted by Gasteiger charge is -2.15. The molecule has 8 aromatic carbocycles. The third-order valence-corrected chi connectivity index (χ3v) is 10.0. The van der Waals surface area contributed by atoms with E-state index in [9.17, 15) is 0 Å². The first-order valence-electron chi connectivity index (χ1n) is 17.3. The van der Waals surface area contributed by atoms with Crippen molar-refractivity contribution in [3.05, 3.63) is 188 Å². The van der Waals surface area contributed by atoms with Crippen LogP contribution in [-0.4, -0.2) is 4.57 Å². The Morgan fingerprint density at radius 3 is 1.67 bits per heavy atom. The minimum atomic E-state index is 0.914. The molecule has 0 unspecified atom stereocenters. The van der Waals surface area contributed by atoms with Crippen LogP contribution in [0.2, 0.25) is 0 Å². The van der Waals surface area contributed by atoms with E-state index in [0.717, 1.165) is 44.4 Å². The highest BCUT2D eigenvalue weighted by Gasteiger charge is 2.16. The van der Waals surface area contributed by atoms with Crippen LogP contribution in [0.4, 0.5) is 11.4 Å². The SMILES string of the molecule is c1cc(-c2ccc(Nc3ccc(-c4cccc5c4oc4ccccc45)cc3)cc2)cc(-c2ccccc2-n2c3ccccc3c3ccccc32)c1. The summed E-state index contributed by atoms with van der Waals surface area (Å²) < 4.78 is 8.68. The van der Waals surface area contributed by atoms with Crippen LogP contribution >= 0.6 is 0 Å². The maximum absolute atomic E-state index is 6.28. The summed E-state index contributed by atoms with van der Waals surface area (Å²) >= 11 is 0. The summed E-state index contributed by atoms with van der Waals surface area (Å²) in [5.74, 6) is 0. The van der Waals surface area contributed by atoms with Gasteiger partial charge in [0.15, 0.2) is 0 Å². The molecule has 0 aliphatic heterocycles. The second kappa shape index (κ2) is 11.9. The topological polar surface area (TPSA) is 30.1 Å². The zero-order valence-corrected chi connectivity index (χ0v) is 27.8. The van der Waals surface area contributed by atoms with Gasteiger partial charge in [0.1, 0.15) is 11.2 Å². The minimum Gasteiger partial charge on any atom is -0.455 e. The van der Waals surface area contributed by atoms with Crippen LogP contribution in [0.25, 0.3) is 82.8 Å². The molecule has 0 atom stereocenters. The smallest absolute Gasteiger partial charge is 0.143 e. The average Bonchev–Trinajstić information content (AvgIpc) is 3.75. The van der Waals surface area contributed by atoms with E-state index in [1.165, 1.54) is 49.7 Å². The van der Waals surface area contributed by atoms with Crippen molar-refractivity contribution in [2.24, 2.45) is 0 Å². The highest BCUT2D eigenvalue weighted by atomic mass is 16.3. The predicted molar refractivity (Wildman–Crippen MR) is 214 cm³/mol. The average molecular weight is 653 g/mol. The monoisotopic (exact) mass is 652 g/mol. The third-order valence-electron chi connectivity index (χ3n) is 10.0. The number of para-hydroxylation sites is 5. The molecule has 10 rings (SSSR count). The van der Waals surface area contributed by atoms with E-state index < -0.39 is 0 Å². The summed E-state index contributed by atoms with van der Waals surface area (Å²) in [6, 6.07) is 66.8. The molecule has 2 heterocycles. The van der Waals surface area contributed by atoms with E-state index >= 15 is 0 Å². The first-order valence-corrected chi connectivity index (χ1v) is 17.3. The minimum absolute atomic E-state index is 0.914. The number of hydrogen-bond donors (Lipinski definition) is 1. The molecule has 0 aliphatic rings. The van der Waals surface area contributed by atoms with E-state index in [4.69, 9.17) is 4.42 Å². The largest absolute Gasteiger partial charge is 0.455 e. The molecule has 3 nitrogen and oxygen atoms in total. The van der Waals surface area contributed by atoms with Crippen LogP contribution in [0.15, 0.2) is 192 Å². The lowest BCUT2D eigenvalue weighted by Crippen LogP contribution is -1.97. The molecule has 3 heteroatoms. The van der Waals surface area contributed by atoms with Gasteiger partial charge < -0.3 is 14.3 Å². The Balaban J connectivity index is 0.927. The van der Waals surface area contributed by atoms with Crippen molar-refractivity contribution in [1.82, 2.24) is 4.57 Å². The fraction of sp³-hybridized carbons (Fsp3) is 0. The Morgan fingerprint density at radius 2 is 0.922 bits per heavy atom. The van der Waals surface area contributed by atoms with E-state index in [-0.39, 0.29) is 0 Å². The quantitative estimate of drug-likeness (QED) is 0.194. The zero-order chi connectivity index (χ0) is 33.7. The highest BCUT2D eigenvalue weighted by molar-refractivity contribution is 6.10. The van der Waals surface area contributed by atoms with Gasteiger partial charge in [0.2, 0.25) is 0 Å². The number of nitrogens with one attached hydrogen (secondary N) is 1. The fourth-order valence-corrected chi connectivity index (χ4v) is 7.58. The molecule has 2 aromatic heterocycles. The van der Waals surface area contributed by atoms with Crippen molar-refractivity contribution in [3.8, 4) is 39.1 Å². The number of nitrogens with zero attached hydrogens (tertiary/aromatic N) is 1. The summed E-state index contributed by atoms with van der Waals surface area (Å²) in [6.07, 6.45) is 0. The fourth-order valence-electron chi connectivity index (χ4n) is 7.58. The molecule has 0 amide bonds. The van der Waals surface area contributed by atoms with Gasteiger partial charge in [0.25, 0.3) is 0 Å². The molecule has 0 radical (unpaired) electrons. The third kappa shape index (κ3) is 4.98. The van der Waals surface area contributed by atoms with Crippen molar-refractivity contribution >= 4 is 55.1 Å². The van der Waals surface area contributed by atoms with Crippen LogP contribution < -0.4 is 5.32 Å². The molecular formula is C48H32N2O. The van der Waals surface area contributed by atoms with Crippen molar-refractivity contribution in [2.75, 3.05) is 5.32 Å². The Bertz CT molecular complexity index is 2820. The van der Waals surface area contributed by atoms with E-state index in [1.807, 2.05) is 12.1 Å². The number of furan rings is 1. The molecule has 0 saturated heterocycles. The van der Waals surface area contributed by atoms with Gasteiger partial charge in [-0.3, -0.25) is 0 Å². The number of rotatable bonds is 6. The van der Waals surface area contributed by atoms with Crippen molar-refractivity contribution in [2.45, 2.75) is 0 Å². The second-order valence-electron chi connectivity index (χ2n) is 13.0. The Morgan fingerprint density at radius 1 is 0.373 bits per heavy atom. The van der Waals surface area contributed by atoms with Crippen molar-refractivity contribution in [1.29, 1.82) is 0 Å². The van der Waals surface area contributed by atoms with Gasteiger partial charge in [-0.05, 0) is 76.9 Å². The maximum atomic E-state index is 6.28. The molecule has 51 heavy (non-hydrogen) atoms. The van der Waals surface area contributed by atoms with E-state index in [0.29, 0.717) is 0 Å². The number of aromatic nitrogens is 1. The zero-order valence-electron chi connectivity index (χ0n) is 27.8. The van der Waals surface area contributed by atoms with Crippen LogP contribution in [0.3, 0.4) is 0 Å². The number of benzene rings is 8. The van der Waals surface area contributed by atoms with Crippen LogP contribution in [0.5, 0.6) is 0 Å². The van der Waals surface area contributed by atoms with Crippen LogP contribution in [0.1, 0.15) is 0 Å². The Kier molecular flexibility index (Phi) is 6.81. The van der Waals surface area contributed by atoms with Gasteiger partial charge in [-0.25, -0.2) is 0 Å². The molecule has 10 aromatic rings. The molecular weight excluding hydrogens is 621 g/mol. The van der Waals surface area contributed by atoms with Crippen LogP contribution in [0, 0.1) is 0 Å². The standard InChI is InChI=1S/C48H32N2O/c1-5-19-44(50-45-20-6-2-14-40(45)41-15-3-7-21-46(41)50)38(13-1)35-12-9-11-34(31-35)32-23-27-36(28-24-32)49-37-29-25-33(26-30-37)39-17-10-18-43-42-16-4-8-22-47(42)51-48(39)43/h1-31,49H. The summed E-state index contributed by atoms with van der Waals surface area (Å²) in [7, 11) is 0. The van der Waals surface area contributed by atoms with Crippen molar-refractivity contribution < 1.29 is 4.42 Å². The second-order valence-corrected chi connectivity index (χ2v) is 13.0.